The van der Waals surface area contributed by atoms with Gasteiger partial charge in [0.2, 0.25) is 5.91 Å². The summed E-state index contributed by atoms with van der Waals surface area (Å²) in [5.41, 5.74) is 0.280. The Morgan fingerprint density at radius 3 is 2.54 bits per heavy atom. The van der Waals surface area contributed by atoms with Gasteiger partial charge < -0.3 is 9.80 Å². The van der Waals surface area contributed by atoms with Crippen LogP contribution in [0.5, 0.6) is 0 Å². The Kier molecular flexibility index (Phi) is 7.57. The summed E-state index contributed by atoms with van der Waals surface area (Å²) in [6, 6.07) is 6.93. The Morgan fingerprint density at radius 2 is 1.97 bits per heavy atom. The van der Waals surface area contributed by atoms with E-state index in [9.17, 15) is 22.4 Å². The van der Waals surface area contributed by atoms with E-state index in [1.807, 2.05) is 13.0 Å². The third-order valence-corrected chi connectivity index (χ3v) is 10.2. The molecule has 3 atom stereocenters. The molecule has 35 heavy (non-hydrogen) atoms. The van der Waals surface area contributed by atoms with Crippen LogP contribution in [0, 0.1) is 11.7 Å². The van der Waals surface area contributed by atoms with Crippen LogP contribution in [0.4, 0.5) is 10.1 Å². The highest BCUT2D eigenvalue weighted by molar-refractivity contribution is 7.92. The monoisotopic (exact) mass is 541 g/mol. The van der Waals surface area contributed by atoms with Gasteiger partial charge in [-0.2, -0.15) is 0 Å². The molecule has 7 nitrogen and oxygen atoms in total. The topological polar surface area (TPSA) is 86.8 Å². The quantitative estimate of drug-likeness (QED) is 0.520. The predicted molar refractivity (Wildman–Crippen MR) is 136 cm³/mol. The van der Waals surface area contributed by atoms with Crippen molar-refractivity contribution < 1.29 is 22.4 Å². The zero-order chi connectivity index (χ0) is 25.5. The number of amides is 2. The van der Waals surface area contributed by atoms with Gasteiger partial charge in [0, 0.05) is 37.0 Å². The van der Waals surface area contributed by atoms with E-state index in [1.54, 1.807) is 20.2 Å². The van der Waals surface area contributed by atoms with E-state index in [-0.39, 0.29) is 47.2 Å². The fourth-order valence-electron chi connectivity index (χ4n) is 4.45. The lowest BCUT2D eigenvalue weighted by molar-refractivity contribution is -0.118. The minimum absolute atomic E-state index is 0.0333. The molecule has 1 aromatic carbocycles. The molecular weight excluding hydrogens is 513 g/mol. The number of carbonyl (C=O) groups is 2. The van der Waals surface area contributed by atoms with E-state index in [1.165, 1.54) is 33.3 Å². The van der Waals surface area contributed by atoms with E-state index in [2.05, 4.69) is 5.32 Å². The number of hydrogen-bond acceptors (Lipinski definition) is 6. The van der Waals surface area contributed by atoms with Crippen LogP contribution >= 0.6 is 22.9 Å². The maximum Gasteiger partial charge on any atom is 0.253 e. The SMILES string of the molecule is C[C@@H](CS(=O)(=O)[C@H](N[C@H]1CCN(c2ccc(C(=O)N(C)C)cc2F)C1=O)C1CC1)c1ccc(Cl)s1. The molecule has 190 valence electrons. The van der Waals surface area contributed by atoms with E-state index in [0.29, 0.717) is 10.8 Å². The molecule has 0 bridgehead atoms. The van der Waals surface area contributed by atoms with E-state index < -0.39 is 27.1 Å². The number of benzene rings is 1. The number of nitrogens with one attached hydrogen (secondary N) is 1. The summed E-state index contributed by atoms with van der Waals surface area (Å²) in [5.74, 6) is -1.66. The number of nitrogens with zero attached hydrogens (tertiary/aromatic N) is 2. The van der Waals surface area contributed by atoms with Gasteiger partial charge in [-0.05, 0) is 55.5 Å². The minimum Gasteiger partial charge on any atom is -0.345 e. The standard InChI is InChI=1S/C24H29ClFN3O4S2/c1-14(20-8-9-21(25)34-20)13-35(32,33)22(15-4-5-15)27-18-10-11-29(24(18)31)19-7-6-16(12-17(19)26)23(30)28(2)3/h6-9,12,14-15,18,22,27H,4-5,10-11,13H2,1-3H3/t14-,18-,22-/m0/s1. The van der Waals surface area contributed by atoms with Gasteiger partial charge in [0.15, 0.2) is 9.84 Å². The molecule has 2 amide bonds. The lowest BCUT2D eigenvalue weighted by Crippen LogP contribution is -2.49. The van der Waals surface area contributed by atoms with Crippen LogP contribution in [0.15, 0.2) is 30.3 Å². The van der Waals surface area contributed by atoms with Crippen molar-refractivity contribution in [3.05, 3.63) is 50.9 Å². The van der Waals surface area contributed by atoms with Crippen molar-refractivity contribution in [2.45, 2.75) is 43.5 Å². The maximum atomic E-state index is 14.8. The van der Waals surface area contributed by atoms with Gasteiger partial charge in [-0.25, -0.2) is 12.8 Å². The van der Waals surface area contributed by atoms with Crippen molar-refractivity contribution >= 4 is 50.3 Å². The molecule has 0 radical (unpaired) electrons. The molecular formula is C24H29ClFN3O4S2. The van der Waals surface area contributed by atoms with Gasteiger partial charge in [-0.15, -0.1) is 11.3 Å². The van der Waals surface area contributed by atoms with Crippen LogP contribution < -0.4 is 10.2 Å². The molecule has 0 spiro atoms. The van der Waals surface area contributed by atoms with Crippen molar-refractivity contribution in [2.75, 3.05) is 31.3 Å². The average Bonchev–Trinajstić information content (AvgIpc) is 3.43. The molecule has 1 aliphatic carbocycles. The second-order valence-electron chi connectivity index (χ2n) is 9.49. The van der Waals surface area contributed by atoms with Crippen molar-refractivity contribution in [3.8, 4) is 0 Å². The lowest BCUT2D eigenvalue weighted by atomic mass is 10.1. The van der Waals surface area contributed by atoms with Gasteiger partial charge in [0.25, 0.3) is 5.91 Å². The van der Waals surface area contributed by atoms with Gasteiger partial charge >= 0.3 is 0 Å². The van der Waals surface area contributed by atoms with Crippen molar-refractivity contribution in [1.29, 1.82) is 0 Å². The summed E-state index contributed by atoms with van der Waals surface area (Å²) >= 11 is 7.38. The molecule has 2 aromatic rings. The summed E-state index contributed by atoms with van der Waals surface area (Å²) in [6.07, 6.45) is 1.94. The molecule has 4 rings (SSSR count). The molecule has 2 heterocycles. The molecule has 11 heteroatoms. The van der Waals surface area contributed by atoms with Crippen LogP contribution in [-0.4, -0.2) is 62.9 Å². The molecule has 1 aromatic heterocycles. The van der Waals surface area contributed by atoms with Gasteiger partial charge in [-0.3, -0.25) is 14.9 Å². The molecule has 2 fully saturated rings. The van der Waals surface area contributed by atoms with Gasteiger partial charge in [0.05, 0.1) is 21.8 Å². The van der Waals surface area contributed by atoms with Crippen molar-refractivity contribution in [3.63, 3.8) is 0 Å². The number of rotatable bonds is 9. The number of anilines is 1. The highest BCUT2D eigenvalue weighted by Crippen LogP contribution is 2.38. The Morgan fingerprint density at radius 1 is 1.26 bits per heavy atom. The molecule has 1 saturated heterocycles. The first-order chi connectivity index (χ1) is 16.5. The lowest BCUT2D eigenvalue weighted by Gasteiger charge is -2.24. The number of hydrogen-bond donors (Lipinski definition) is 1. The molecule has 0 unspecified atom stereocenters. The fourth-order valence-corrected chi connectivity index (χ4v) is 7.98. The number of carbonyl (C=O) groups excluding carboxylic acids is 2. The fraction of sp³-hybridized carbons (Fsp3) is 0.500. The smallest absolute Gasteiger partial charge is 0.253 e. The first kappa shape index (κ1) is 26.1. The Balaban J connectivity index is 1.47. The van der Waals surface area contributed by atoms with Crippen LogP contribution in [-0.2, 0) is 14.6 Å². The Hall–Kier alpha value is -2.01. The van der Waals surface area contributed by atoms with Gasteiger partial charge in [0.1, 0.15) is 11.2 Å². The first-order valence-electron chi connectivity index (χ1n) is 11.5. The summed E-state index contributed by atoms with van der Waals surface area (Å²) in [5, 5.41) is 2.29. The third kappa shape index (κ3) is 5.71. The Bertz CT molecular complexity index is 1230. The van der Waals surface area contributed by atoms with E-state index >= 15 is 0 Å². The van der Waals surface area contributed by atoms with Crippen LogP contribution in [0.2, 0.25) is 4.34 Å². The van der Waals surface area contributed by atoms with Crippen LogP contribution in [0.25, 0.3) is 0 Å². The number of halogens is 2. The summed E-state index contributed by atoms with van der Waals surface area (Å²) < 4.78 is 42.1. The second kappa shape index (κ2) is 10.2. The zero-order valence-electron chi connectivity index (χ0n) is 19.8. The van der Waals surface area contributed by atoms with Crippen molar-refractivity contribution in [2.24, 2.45) is 5.92 Å². The minimum atomic E-state index is -3.56. The van der Waals surface area contributed by atoms with Gasteiger partial charge in [-0.1, -0.05) is 18.5 Å². The summed E-state index contributed by atoms with van der Waals surface area (Å²) in [6.45, 7) is 2.12. The molecule has 1 aliphatic heterocycles. The van der Waals surface area contributed by atoms with E-state index in [4.69, 9.17) is 11.6 Å². The van der Waals surface area contributed by atoms with Crippen LogP contribution in [0.1, 0.15) is 47.3 Å². The molecule has 2 aliphatic rings. The summed E-state index contributed by atoms with van der Waals surface area (Å²) in [4.78, 5) is 28.8. The molecule has 1 saturated carbocycles. The Labute approximate surface area is 214 Å². The predicted octanol–water partition coefficient (Wildman–Crippen LogP) is 3.89. The highest BCUT2D eigenvalue weighted by atomic mass is 35.5. The summed E-state index contributed by atoms with van der Waals surface area (Å²) in [7, 11) is -0.399. The normalized spacial score (nSPS) is 20.2. The average molecular weight is 542 g/mol. The third-order valence-electron chi connectivity index (χ3n) is 6.46. The first-order valence-corrected chi connectivity index (χ1v) is 14.4. The van der Waals surface area contributed by atoms with E-state index in [0.717, 1.165) is 23.8 Å². The zero-order valence-corrected chi connectivity index (χ0v) is 22.2. The largest absolute Gasteiger partial charge is 0.345 e. The highest BCUT2D eigenvalue weighted by Gasteiger charge is 2.44. The van der Waals surface area contributed by atoms with Crippen LogP contribution in [0.3, 0.4) is 0 Å². The van der Waals surface area contributed by atoms with Crippen molar-refractivity contribution in [1.82, 2.24) is 10.2 Å². The number of thiophene rings is 1. The number of sulfone groups is 1. The maximum absolute atomic E-state index is 14.8. The second-order valence-corrected chi connectivity index (χ2v) is 13.4. The molecule has 1 N–H and O–H groups in total.